The van der Waals surface area contributed by atoms with Crippen molar-refractivity contribution in [2.75, 3.05) is 13.7 Å². The van der Waals surface area contributed by atoms with Gasteiger partial charge < -0.3 is 9.72 Å². The summed E-state index contributed by atoms with van der Waals surface area (Å²) in [7, 11) is 1.86. The highest BCUT2D eigenvalue weighted by atomic mass is 16.5. The lowest BCUT2D eigenvalue weighted by Crippen LogP contribution is -2.49. The molecule has 4 nitrogen and oxygen atoms in total. The van der Waals surface area contributed by atoms with E-state index in [1.165, 1.54) is 51.4 Å². The van der Waals surface area contributed by atoms with Gasteiger partial charge in [0.2, 0.25) is 0 Å². The van der Waals surface area contributed by atoms with Gasteiger partial charge in [0.15, 0.2) is 0 Å². The molecule has 160 valence electrons. The summed E-state index contributed by atoms with van der Waals surface area (Å²) in [6, 6.07) is 0. The second kappa shape index (κ2) is 7.83. The Morgan fingerprint density at radius 3 is 2.79 bits per heavy atom. The Kier molecular flexibility index (Phi) is 5.34. The summed E-state index contributed by atoms with van der Waals surface area (Å²) >= 11 is 0. The Hall–Kier alpha value is -1.16. The van der Waals surface area contributed by atoms with Gasteiger partial charge in [-0.15, -0.1) is 0 Å². The Morgan fingerprint density at radius 1 is 1.14 bits per heavy atom. The van der Waals surface area contributed by atoms with E-state index in [2.05, 4.69) is 16.9 Å². The van der Waals surface area contributed by atoms with Crippen molar-refractivity contribution in [3.63, 3.8) is 0 Å². The van der Waals surface area contributed by atoms with E-state index in [1.807, 2.05) is 13.3 Å². The molecule has 0 amide bonds. The molecule has 0 aliphatic heterocycles. The molecule has 0 saturated heterocycles. The van der Waals surface area contributed by atoms with E-state index in [0.29, 0.717) is 12.2 Å². The lowest BCUT2D eigenvalue weighted by Gasteiger charge is -2.56. The highest BCUT2D eigenvalue weighted by Gasteiger charge is 2.58. The number of carbonyl (C=O) groups is 1. The van der Waals surface area contributed by atoms with Crippen molar-refractivity contribution >= 4 is 5.78 Å². The maximum atomic E-state index is 13.2. The molecule has 4 aliphatic rings. The van der Waals surface area contributed by atoms with Crippen molar-refractivity contribution in [2.45, 2.75) is 71.1 Å². The lowest BCUT2D eigenvalue weighted by atomic mass is 9.49. The lowest BCUT2D eigenvalue weighted by molar-refractivity contribution is -0.130. The van der Waals surface area contributed by atoms with E-state index >= 15 is 0 Å². The SMILES string of the molecule is COCC1CCC2C(CCC3C2CCC2(C)C(C(=O)Cc4ncc[nH]4)CCC32)C1. The molecule has 0 spiro atoms. The van der Waals surface area contributed by atoms with Crippen LogP contribution >= 0.6 is 0 Å². The number of Topliss-reactive ketones (excluding diaryl/α,β-unsaturated/α-hetero) is 1. The molecular weight excluding hydrogens is 360 g/mol. The normalized spacial score (nSPS) is 44.0. The number of fused-ring (bicyclic) bond motifs is 5. The number of hydrogen-bond donors (Lipinski definition) is 1. The van der Waals surface area contributed by atoms with Crippen molar-refractivity contribution in [2.24, 2.45) is 46.8 Å². The maximum Gasteiger partial charge on any atom is 0.144 e. The highest BCUT2D eigenvalue weighted by Crippen LogP contribution is 2.64. The van der Waals surface area contributed by atoms with Gasteiger partial charge in [-0.1, -0.05) is 6.92 Å². The summed E-state index contributed by atoms with van der Waals surface area (Å²) in [5, 5.41) is 0. The minimum Gasteiger partial charge on any atom is -0.384 e. The maximum absolute atomic E-state index is 13.2. The third kappa shape index (κ3) is 3.40. The molecule has 0 radical (unpaired) electrons. The van der Waals surface area contributed by atoms with Gasteiger partial charge in [-0.3, -0.25) is 4.79 Å². The highest BCUT2D eigenvalue weighted by molar-refractivity contribution is 5.83. The van der Waals surface area contributed by atoms with Crippen LogP contribution in [-0.4, -0.2) is 29.5 Å². The number of nitrogens with one attached hydrogen (secondary N) is 1. The molecule has 4 fully saturated rings. The molecule has 8 atom stereocenters. The van der Waals surface area contributed by atoms with Crippen molar-refractivity contribution < 1.29 is 9.53 Å². The predicted molar refractivity (Wildman–Crippen MR) is 113 cm³/mol. The molecule has 4 heteroatoms. The first-order valence-electron chi connectivity index (χ1n) is 12.1. The zero-order chi connectivity index (χ0) is 20.0. The number of ether oxygens (including phenoxy) is 1. The van der Waals surface area contributed by atoms with Crippen LogP contribution in [0.3, 0.4) is 0 Å². The van der Waals surface area contributed by atoms with Crippen LogP contribution < -0.4 is 0 Å². The van der Waals surface area contributed by atoms with Gasteiger partial charge in [0.1, 0.15) is 11.6 Å². The first-order valence-corrected chi connectivity index (χ1v) is 12.1. The van der Waals surface area contributed by atoms with Crippen LogP contribution in [0.4, 0.5) is 0 Å². The van der Waals surface area contributed by atoms with Crippen LogP contribution in [-0.2, 0) is 16.0 Å². The molecule has 0 aromatic carbocycles. The number of ketones is 1. The summed E-state index contributed by atoms with van der Waals surface area (Å²) in [6.07, 6.45) is 16.1. The standard InChI is InChI=1S/C25H38N2O2/c1-25-10-9-19-18-5-3-16(15-29-2)13-17(18)4-6-20(19)21(25)7-8-22(25)23(28)14-24-26-11-12-27-24/h11-12,16-22H,3-10,13-15H2,1-2H3,(H,26,27). The quantitative estimate of drug-likeness (QED) is 0.755. The van der Waals surface area contributed by atoms with Gasteiger partial charge in [-0.25, -0.2) is 4.98 Å². The van der Waals surface area contributed by atoms with Gasteiger partial charge >= 0.3 is 0 Å². The van der Waals surface area contributed by atoms with Crippen LogP contribution in [0.25, 0.3) is 0 Å². The van der Waals surface area contributed by atoms with Crippen LogP contribution in [0, 0.1) is 46.8 Å². The minimum absolute atomic E-state index is 0.227. The molecule has 1 aromatic heterocycles. The zero-order valence-corrected chi connectivity index (χ0v) is 18.2. The Labute approximate surface area is 175 Å². The zero-order valence-electron chi connectivity index (χ0n) is 18.2. The molecule has 1 N–H and O–H groups in total. The fourth-order valence-corrected chi connectivity index (χ4v) is 8.55. The number of nitrogens with zero attached hydrogens (tertiary/aromatic N) is 1. The van der Waals surface area contributed by atoms with Crippen molar-refractivity contribution in [1.82, 2.24) is 9.97 Å². The van der Waals surface area contributed by atoms with E-state index < -0.39 is 0 Å². The number of methoxy groups -OCH3 is 1. The van der Waals surface area contributed by atoms with Crippen LogP contribution in [0.15, 0.2) is 12.4 Å². The number of imidazole rings is 1. The Morgan fingerprint density at radius 2 is 2.00 bits per heavy atom. The van der Waals surface area contributed by atoms with Gasteiger partial charge in [-0.2, -0.15) is 0 Å². The molecule has 4 aliphatic carbocycles. The third-order valence-electron chi connectivity index (χ3n) is 9.75. The molecular formula is C25H38N2O2. The Bertz CT molecular complexity index is 716. The summed E-state index contributed by atoms with van der Waals surface area (Å²) in [5.74, 6) is 6.75. The average Bonchev–Trinajstić information content (AvgIpc) is 3.34. The number of rotatable bonds is 5. The molecule has 0 bridgehead atoms. The molecule has 29 heavy (non-hydrogen) atoms. The number of aromatic nitrogens is 2. The summed E-state index contributed by atoms with van der Waals surface area (Å²) < 4.78 is 5.47. The first kappa shape index (κ1) is 19.8. The van der Waals surface area contributed by atoms with E-state index in [1.54, 1.807) is 6.20 Å². The molecule has 5 rings (SSSR count). The van der Waals surface area contributed by atoms with Crippen LogP contribution in [0.1, 0.15) is 70.5 Å². The average molecular weight is 399 g/mol. The number of carbonyl (C=O) groups excluding carboxylic acids is 1. The first-order chi connectivity index (χ1) is 14.1. The second-order valence-corrected chi connectivity index (χ2v) is 10.9. The fourth-order valence-electron chi connectivity index (χ4n) is 8.55. The molecule has 1 heterocycles. The fraction of sp³-hybridized carbons (Fsp3) is 0.840. The van der Waals surface area contributed by atoms with Crippen molar-refractivity contribution in [1.29, 1.82) is 0 Å². The van der Waals surface area contributed by atoms with Crippen LogP contribution in [0.2, 0.25) is 0 Å². The summed E-state index contributed by atoms with van der Waals surface area (Å²) in [6.45, 7) is 3.42. The predicted octanol–water partition coefficient (Wildman–Crippen LogP) is 5.05. The monoisotopic (exact) mass is 398 g/mol. The molecule has 4 saturated carbocycles. The van der Waals surface area contributed by atoms with Gasteiger partial charge in [-0.05, 0) is 98.7 Å². The van der Waals surface area contributed by atoms with Crippen molar-refractivity contribution in [3.05, 3.63) is 18.2 Å². The minimum atomic E-state index is 0.227. The van der Waals surface area contributed by atoms with Gasteiger partial charge in [0.25, 0.3) is 0 Å². The largest absolute Gasteiger partial charge is 0.384 e. The van der Waals surface area contributed by atoms with E-state index in [4.69, 9.17) is 4.74 Å². The number of H-pyrrole nitrogens is 1. The smallest absolute Gasteiger partial charge is 0.144 e. The third-order valence-corrected chi connectivity index (χ3v) is 9.75. The van der Waals surface area contributed by atoms with E-state index in [-0.39, 0.29) is 11.3 Å². The van der Waals surface area contributed by atoms with E-state index in [9.17, 15) is 4.79 Å². The number of aromatic amines is 1. The van der Waals surface area contributed by atoms with Crippen LogP contribution in [0.5, 0.6) is 0 Å². The van der Waals surface area contributed by atoms with Gasteiger partial charge in [0, 0.05) is 32.0 Å². The molecule has 1 aromatic rings. The van der Waals surface area contributed by atoms with Gasteiger partial charge in [0.05, 0.1) is 6.42 Å². The van der Waals surface area contributed by atoms with Crippen molar-refractivity contribution in [3.8, 4) is 0 Å². The Balaban J connectivity index is 1.28. The summed E-state index contributed by atoms with van der Waals surface area (Å²) in [5.41, 5.74) is 0.227. The topological polar surface area (TPSA) is 55.0 Å². The van der Waals surface area contributed by atoms with E-state index in [0.717, 1.165) is 54.4 Å². The number of hydrogen-bond acceptors (Lipinski definition) is 3. The second-order valence-electron chi connectivity index (χ2n) is 10.9. The summed E-state index contributed by atoms with van der Waals surface area (Å²) in [4.78, 5) is 20.6. The molecule has 8 unspecified atom stereocenters.